The molecule has 0 saturated carbocycles. The van der Waals surface area contributed by atoms with Gasteiger partial charge in [0.25, 0.3) is 0 Å². The average molecular weight is 309 g/mol. The SMILES string of the molecule is COc1ccc(S(=O)(=O)NCc2cccc(F)c2)cc1C. The van der Waals surface area contributed by atoms with Crippen LogP contribution < -0.4 is 9.46 Å². The molecule has 0 aliphatic carbocycles. The van der Waals surface area contributed by atoms with Crippen molar-refractivity contribution >= 4 is 10.0 Å². The van der Waals surface area contributed by atoms with Gasteiger partial charge >= 0.3 is 0 Å². The van der Waals surface area contributed by atoms with Crippen LogP contribution in [0.5, 0.6) is 5.75 Å². The molecule has 1 N–H and O–H groups in total. The lowest BCUT2D eigenvalue weighted by molar-refractivity contribution is 0.411. The fraction of sp³-hybridized carbons (Fsp3) is 0.200. The van der Waals surface area contributed by atoms with Gasteiger partial charge in [0.1, 0.15) is 11.6 Å². The van der Waals surface area contributed by atoms with Gasteiger partial charge in [-0.1, -0.05) is 12.1 Å². The Morgan fingerprint density at radius 1 is 1.19 bits per heavy atom. The molecule has 0 spiro atoms. The zero-order valence-electron chi connectivity index (χ0n) is 11.8. The Labute approximate surface area is 123 Å². The van der Waals surface area contributed by atoms with E-state index >= 15 is 0 Å². The van der Waals surface area contributed by atoms with Crippen LogP contribution in [0.25, 0.3) is 0 Å². The van der Waals surface area contributed by atoms with E-state index in [2.05, 4.69) is 4.72 Å². The summed E-state index contributed by atoms with van der Waals surface area (Å²) in [5.74, 6) is 0.228. The Hall–Kier alpha value is -1.92. The van der Waals surface area contributed by atoms with Crippen LogP contribution in [0.3, 0.4) is 0 Å². The number of ether oxygens (including phenoxy) is 1. The van der Waals surface area contributed by atoms with Gasteiger partial charge in [0.2, 0.25) is 10.0 Å². The third-order valence-electron chi connectivity index (χ3n) is 3.03. The highest BCUT2D eigenvalue weighted by Gasteiger charge is 2.15. The highest BCUT2D eigenvalue weighted by Crippen LogP contribution is 2.21. The second-order valence-electron chi connectivity index (χ2n) is 4.59. The topological polar surface area (TPSA) is 55.4 Å². The van der Waals surface area contributed by atoms with Crippen LogP contribution in [0.15, 0.2) is 47.4 Å². The monoisotopic (exact) mass is 309 g/mol. The molecular formula is C15H16FNO3S. The van der Waals surface area contributed by atoms with Gasteiger partial charge in [0, 0.05) is 6.54 Å². The fourth-order valence-corrected chi connectivity index (χ4v) is 3.03. The minimum Gasteiger partial charge on any atom is -0.496 e. The summed E-state index contributed by atoms with van der Waals surface area (Å²) in [7, 11) is -2.12. The van der Waals surface area contributed by atoms with Crippen LogP contribution in [0.1, 0.15) is 11.1 Å². The van der Waals surface area contributed by atoms with Gasteiger partial charge < -0.3 is 4.74 Å². The Morgan fingerprint density at radius 3 is 2.57 bits per heavy atom. The largest absolute Gasteiger partial charge is 0.496 e. The summed E-state index contributed by atoms with van der Waals surface area (Å²) in [6.07, 6.45) is 0. The molecule has 0 aromatic heterocycles. The molecule has 0 radical (unpaired) electrons. The molecule has 2 aromatic rings. The van der Waals surface area contributed by atoms with Crippen LogP contribution >= 0.6 is 0 Å². The van der Waals surface area contributed by atoms with E-state index in [9.17, 15) is 12.8 Å². The summed E-state index contributed by atoms with van der Waals surface area (Å²) in [6.45, 7) is 1.80. The highest BCUT2D eigenvalue weighted by atomic mass is 32.2. The molecule has 0 atom stereocenters. The van der Waals surface area contributed by atoms with Gasteiger partial charge in [-0.15, -0.1) is 0 Å². The van der Waals surface area contributed by atoms with Crippen molar-refractivity contribution in [3.05, 3.63) is 59.4 Å². The maximum absolute atomic E-state index is 13.1. The molecule has 112 valence electrons. The number of sulfonamides is 1. The minimum atomic E-state index is -3.65. The molecule has 0 saturated heterocycles. The Kier molecular flexibility index (Phi) is 4.59. The molecule has 0 aliphatic heterocycles. The van der Waals surface area contributed by atoms with Gasteiger partial charge in [-0.3, -0.25) is 0 Å². The molecule has 6 heteroatoms. The maximum atomic E-state index is 13.1. The van der Waals surface area contributed by atoms with Gasteiger partial charge in [-0.05, 0) is 48.4 Å². The Bertz CT molecular complexity index is 744. The number of rotatable bonds is 5. The first-order valence-corrected chi connectivity index (χ1v) is 7.79. The van der Waals surface area contributed by atoms with Crippen molar-refractivity contribution in [1.29, 1.82) is 0 Å². The Balaban J connectivity index is 2.17. The van der Waals surface area contributed by atoms with Crippen LogP contribution in [0.4, 0.5) is 4.39 Å². The summed E-state index contributed by atoms with van der Waals surface area (Å²) in [5, 5.41) is 0. The first-order chi connectivity index (χ1) is 9.92. The third kappa shape index (κ3) is 3.80. The van der Waals surface area contributed by atoms with E-state index in [1.54, 1.807) is 19.1 Å². The number of aryl methyl sites for hydroxylation is 1. The fourth-order valence-electron chi connectivity index (χ4n) is 1.93. The molecule has 0 aliphatic rings. The summed E-state index contributed by atoms with van der Waals surface area (Å²) < 4.78 is 45.0. The van der Waals surface area contributed by atoms with Crippen LogP contribution in [0, 0.1) is 12.7 Å². The van der Waals surface area contributed by atoms with E-state index in [0.717, 1.165) is 5.56 Å². The predicted octanol–water partition coefficient (Wildman–Crippen LogP) is 2.62. The molecule has 4 nitrogen and oxygen atoms in total. The number of hydrogen-bond acceptors (Lipinski definition) is 3. The Morgan fingerprint density at radius 2 is 1.95 bits per heavy atom. The smallest absolute Gasteiger partial charge is 0.240 e. The minimum absolute atomic E-state index is 0.0329. The van der Waals surface area contributed by atoms with Crippen LogP contribution in [-0.4, -0.2) is 15.5 Å². The van der Waals surface area contributed by atoms with Crippen molar-refractivity contribution in [3.8, 4) is 5.75 Å². The second kappa shape index (κ2) is 6.24. The second-order valence-corrected chi connectivity index (χ2v) is 6.35. The number of halogens is 1. The maximum Gasteiger partial charge on any atom is 0.240 e. The van der Waals surface area contributed by atoms with Crippen LogP contribution in [-0.2, 0) is 16.6 Å². The van der Waals surface area contributed by atoms with Gasteiger partial charge in [-0.2, -0.15) is 0 Å². The number of nitrogens with one attached hydrogen (secondary N) is 1. The summed E-state index contributed by atoms with van der Waals surface area (Å²) in [4.78, 5) is 0.150. The van der Waals surface area contributed by atoms with E-state index < -0.39 is 15.8 Å². The molecule has 2 aromatic carbocycles. The molecular weight excluding hydrogens is 293 g/mol. The van der Waals surface area contributed by atoms with Crippen molar-refractivity contribution in [1.82, 2.24) is 4.72 Å². The van der Waals surface area contributed by atoms with E-state index in [4.69, 9.17) is 4.74 Å². The van der Waals surface area contributed by atoms with Crippen LogP contribution in [0.2, 0.25) is 0 Å². The lowest BCUT2D eigenvalue weighted by Crippen LogP contribution is -2.23. The zero-order chi connectivity index (χ0) is 15.5. The molecule has 0 amide bonds. The molecule has 0 unspecified atom stereocenters. The highest BCUT2D eigenvalue weighted by molar-refractivity contribution is 7.89. The van der Waals surface area contributed by atoms with Crippen molar-refractivity contribution < 1.29 is 17.5 Å². The normalized spacial score (nSPS) is 11.4. The molecule has 21 heavy (non-hydrogen) atoms. The predicted molar refractivity (Wildman–Crippen MR) is 78.2 cm³/mol. The molecule has 2 rings (SSSR count). The summed E-state index contributed by atoms with van der Waals surface area (Å²) in [5.41, 5.74) is 1.29. The summed E-state index contributed by atoms with van der Waals surface area (Å²) >= 11 is 0. The number of methoxy groups -OCH3 is 1. The first-order valence-electron chi connectivity index (χ1n) is 6.31. The van der Waals surface area contributed by atoms with E-state index in [1.807, 2.05) is 0 Å². The van der Waals surface area contributed by atoms with Gasteiger partial charge in [-0.25, -0.2) is 17.5 Å². The molecule has 0 bridgehead atoms. The van der Waals surface area contributed by atoms with Crippen molar-refractivity contribution in [2.45, 2.75) is 18.4 Å². The number of hydrogen-bond donors (Lipinski definition) is 1. The van der Waals surface area contributed by atoms with Crippen molar-refractivity contribution in [3.63, 3.8) is 0 Å². The van der Waals surface area contributed by atoms with E-state index in [1.165, 1.54) is 37.4 Å². The quantitative estimate of drug-likeness (QED) is 0.923. The lowest BCUT2D eigenvalue weighted by atomic mass is 10.2. The zero-order valence-corrected chi connectivity index (χ0v) is 12.6. The van der Waals surface area contributed by atoms with Gasteiger partial charge in [0.05, 0.1) is 12.0 Å². The third-order valence-corrected chi connectivity index (χ3v) is 4.43. The summed E-state index contributed by atoms with van der Waals surface area (Å²) in [6, 6.07) is 10.4. The van der Waals surface area contributed by atoms with Gasteiger partial charge in [0.15, 0.2) is 0 Å². The molecule has 0 heterocycles. The van der Waals surface area contributed by atoms with E-state index in [-0.39, 0.29) is 11.4 Å². The lowest BCUT2D eigenvalue weighted by Gasteiger charge is -2.10. The van der Waals surface area contributed by atoms with Crippen molar-refractivity contribution in [2.24, 2.45) is 0 Å². The molecule has 0 fully saturated rings. The number of benzene rings is 2. The standard InChI is InChI=1S/C15H16FNO3S/c1-11-8-14(6-7-15(11)20-2)21(18,19)17-10-12-4-3-5-13(16)9-12/h3-9,17H,10H2,1-2H3. The first kappa shape index (κ1) is 15.5. The van der Waals surface area contributed by atoms with E-state index in [0.29, 0.717) is 11.3 Å². The van der Waals surface area contributed by atoms with Crippen molar-refractivity contribution in [2.75, 3.05) is 7.11 Å². The average Bonchev–Trinajstić information content (AvgIpc) is 2.45.